The maximum Gasteiger partial charge on any atom is 0.402 e. The fourth-order valence-corrected chi connectivity index (χ4v) is 3.97. The number of hydrogen-bond donors (Lipinski definition) is 7. The first kappa shape index (κ1) is 28.6. The highest BCUT2D eigenvalue weighted by molar-refractivity contribution is 5.91. The van der Waals surface area contributed by atoms with E-state index in [9.17, 15) is 45.3 Å². The van der Waals surface area contributed by atoms with E-state index in [-0.39, 0.29) is 40.4 Å². The number of carbonyl (C=O) groups is 2. The van der Waals surface area contributed by atoms with Gasteiger partial charge in [0.2, 0.25) is 12.0 Å². The topological polar surface area (TPSA) is 224 Å². The van der Waals surface area contributed by atoms with Crippen LogP contribution in [0.4, 0.5) is 0 Å². The van der Waals surface area contributed by atoms with E-state index in [2.05, 4.69) is 4.74 Å². The molecule has 14 heteroatoms. The SMILES string of the molecule is CCOC(=O)CC(=O)OC[C@H]1O[C@@H](Oc2cc3c(O)cc(O)cc3[o+]c2-c2ccc(O)c(O)c2)[C@H](O)[C@@H](O)[C@@H]1O. The number of carbonyl (C=O) groups excluding carboxylic acids is 2. The molecule has 3 aromatic rings. The maximum atomic E-state index is 11.9. The van der Waals surface area contributed by atoms with Crippen LogP contribution in [0.25, 0.3) is 22.3 Å². The number of aliphatic hydroxyl groups is 3. The number of phenolic OH excluding ortho intramolecular Hbond substituents is 4. The molecule has 7 N–H and O–H groups in total. The van der Waals surface area contributed by atoms with Crippen molar-refractivity contribution < 1.29 is 68.7 Å². The minimum Gasteiger partial charge on any atom is -0.507 e. The quantitative estimate of drug-likeness (QED) is 0.0875. The van der Waals surface area contributed by atoms with Gasteiger partial charge in [-0.1, -0.05) is 0 Å². The summed E-state index contributed by atoms with van der Waals surface area (Å²) < 4.78 is 26.8. The van der Waals surface area contributed by atoms with Crippen molar-refractivity contribution in [2.45, 2.75) is 44.1 Å². The third kappa shape index (κ3) is 6.10. The van der Waals surface area contributed by atoms with Crippen LogP contribution in [0.15, 0.2) is 40.8 Å². The van der Waals surface area contributed by atoms with Crippen molar-refractivity contribution >= 4 is 22.9 Å². The van der Waals surface area contributed by atoms with Gasteiger partial charge in [-0.2, -0.15) is 0 Å². The molecule has 0 amide bonds. The molecule has 14 nitrogen and oxygen atoms in total. The number of aliphatic hydroxyl groups excluding tert-OH is 3. The number of phenols is 4. The van der Waals surface area contributed by atoms with Gasteiger partial charge in [-0.05, 0) is 19.1 Å². The van der Waals surface area contributed by atoms with Gasteiger partial charge in [0.15, 0.2) is 11.5 Å². The first-order valence-corrected chi connectivity index (χ1v) is 12.0. The summed E-state index contributed by atoms with van der Waals surface area (Å²) >= 11 is 0. The molecule has 1 aliphatic rings. The lowest BCUT2D eigenvalue weighted by atomic mass is 9.99. The zero-order valence-corrected chi connectivity index (χ0v) is 21.0. The highest BCUT2D eigenvalue weighted by Gasteiger charge is 2.46. The first-order chi connectivity index (χ1) is 19.0. The molecule has 1 aliphatic heterocycles. The van der Waals surface area contributed by atoms with Gasteiger partial charge in [-0.3, -0.25) is 9.59 Å². The van der Waals surface area contributed by atoms with Gasteiger partial charge in [0, 0.05) is 18.2 Å². The van der Waals surface area contributed by atoms with Gasteiger partial charge in [-0.25, -0.2) is 4.42 Å². The van der Waals surface area contributed by atoms with Crippen molar-refractivity contribution in [1.29, 1.82) is 0 Å². The van der Waals surface area contributed by atoms with Gasteiger partial charge >= 0.3 is 23.3 Å². The molecule has 1 fully saturated rings. The van der Waals surface area contributed by atoms with E-state index in [0.717, 1.165) is 12.1 Å². The standard InChI is InChI=1S/C26H26O14/c1-2-36-20(31)9-21(32)37-10-19-22(33)23(34)24(35)26(40-19)39-18-8-13-15(29)6-12(27)7-17(13)38-25(18)11-3-4-14(28)16(30)5-11/h3-8,19,22-24,26,33-35H,2,9-10H2,1H3,(H3-,27,28,29,30)/p+1/t19-,22-,23+,24-,26-/m1/s1. The van der Waals surface area contributed by atoms with Crippen molar-refractivity contribution in [2.75, 3.05) is 13.2 Å². The van der Waals surface area contributed by atoms with Gasteiger partial charge in [-0.15, -0.1) is 0 Å². The Kier molecular flexibility index (Phi) is 8.44. The smallest absolute Gasteiger partial charge is 0.402 e. The summed E-state index contributed by atoms with van der Waals surface area (Å²) in [7, 11) is 0. The highest BCUT2D eigenvalue weighted by Crippen LogP contribution is 2.42. The molecule has 0 bridgehead atoms. The highest BCUT2D eigenvalue weighted by atomic mass is 16.7. The van der Waals surface area contributed by atoms with Crippen LogP contribution < -0.4 is 4.74 Å². The Hall–Kier alpha value is -4.37. The normalized spacial score (nSPS) is 22.6. The number of rotatable bonds is 8. The second kappa shape index (κ2) is 11.8. The Balaban J connectivity index is 1.64. The Morgan fingerprint density at radius 1 is 0.875 bits per heavy atom. The molecule has 1 saturated heterocycles. The molecular weight excluding hydrogens is 536 g/mol. The van der Waals surface area contributed by atoms with E-state index < -0.39 is 72.9 Å². The number of hydrogen-bond acceptors (Lipinski definition) is 13. The molecule has 4 rings (SSSR count). The predicted octanol–water partition coefficient (Wildman–Crippen LogP) is 0.886. The van der Waals surface area contributed by atoms with Crippen molar-refractivity contribution in [3.05, 3.63) is 36.4 Å². The van der Waals surface area contributed by atoms with E-state index >= 15 is 0 Å². The van der Waals surface area contributed by atoms with Gasteiger partial charge < -0.3 is 54.7 Å². The van der Waals surface area contributed by atoms with Crippen LogP contribution in [0.5, 0.6) is 28.7 Å². The lowest BCUT2D eigenvalue weighted by Crippen LogP contribution is -2.60. The summed E-state index contributed by atoms with van der Waals surface area (Å²) in [5, 5.41) is 71.3. The van der Waals surface area contributed by atoms with E-state index in [1.165, 1.54) is 24.3 Å². The molecule has 214 valence electrons. The third-order valence-corrected chi connectivity index (χ3v) is 5.97. The van der Waals surface area contributed by atoms with E-state index in [4.69, 9.17) is 18.6 Å². The Bertz CT molecular complexity index is 1410. The van der Waals surface area contributed by atoms with Crippen molar-refractivity contribution in [3.63, 3.8) is 0 Å². The maximum absolute atomic E-state index is 11.9. The zero-order valence-electron chi connectivity index (χ0n) is 21.0. The molecule has 40 heavy (non-hydrogen) atoms. The number of aromatic hydroxyl groups is 4. The molecule has 1 aromatic heterocycles. The number of fused-ring (bicyclic) bond motifs is 1. The molecular formula is C26H27O14+. The Morgan fingerprint density at radius 2 is 1.60 bits per heavy atom. The fourth-order valence-electron chi connectivity index (χ4n) is 3.97. The molecule has 0 aliphatic carbocycles. The molecule has 2 aromatic carbocycles. The van der Waals surface area contributed by atoms with Crippen molar-refractivity contribution in [3.8, 4) is 40.1 Å². The molecule has 0 radical (unpaired) electrons. The van der Waals surface area contributed by atoms with E-state index in [1.54, 1.807) is 6.92 Å². The van der Waals surface area contributed by atoms with Gasteiger partial charge in [0.05, 0.1) is 18.2 Å². The largest absolute Gasteiger partial charge is 0.507 e. The second-order valence-corrected chi connectivity index (χ2v) is 8.82. The summed E-state index contributed by atoms with van der Waals surface area (Å²) in [6.07, 6.45) is -9.15. The Labute approximate surface area is 225 Å². The van der Waals surface area contributed by atoms with Gasteiger partial charge in [0.1, 0.15) is 54.3 Å². The van der Waals surface area contributed by atoms with E-state index in [0.29, 0.717) is 0 Å². The first-order valence-electron chi connectivity index (χ1n) is 12.0. The molecule has 0 saturated carbocycles. The average Bonchev–Trinajstić information content (AvgIpc) is 2.90. The van der Waals surface area contributed by atoms with Crippen molar-refractivity contribution in [2.24, 2.45) is 0 Å². The monoisotopic (exact) mass is 563 g/mol. The lowest BCUT2D eigenvalue weighted by molar-refractivity contribution is -0.278. The minimum atomic E-state index is -1.83. The summed E-state index contributed by atoms with van der Waals surface area (Å²) in [6.45, 7) is 1.00. The van der Waals surface area contributed by atoms with Crippen molar-refractivity contribution in [1.82, 2.24) is 0 Å². The van der Waals surface area contributed by atoms with Crippen LogP contribution >= 0.6 is 0 Å². The molecule has 5 atom stereocenters. The summed E-state index contributed by atoms with van der Waals surface area (Å²) in [5.41, 5.74) is 0.157. The predicted molar refractivity (Wildman–Crippen MR) is 132 cm³/mol. The number of benzene rings is 2. The van der Waals surface area contributed by atoms with Gasteiger partial charge in [0.25, 0.3) is 0 Å². The summed E-state index contributed by atoms with van der Waals surface area (Å²) in [5.74, 6) is -3.74. The summed E-state index contributed by atoms with van der Waals surface area (Å²) in [4.78, 5) is 23.4. The average molecular weight is 563 g/mol. The summed E-state index contributed by atoms with van der Waals surface area (Å²) in [6, 6.07) is 7.18. The number of esters is 2. The molecule has 0 spiro atoms. The van der Waals surface area contributed by atoms with Crippen LogP contribution in [0.2, 0.25) is 0 Å². The van der Waals surface area contributed by atoms with Crippen LogP contribution in [0, 0.1) is 0 Å². The van der Waals surface area contributed by atoms with Crippen LogP contribution in [0.1, 0.15) is 13.3 Å². The van der Waals surface area contributed by atoms with E-state index in [1.807, 2.05) is 0 Å². The second-order valence-electron chi connectivity index (χ2n) is 8.82. The molecule has 0 unspecified atom stereocenters. The number of ether oxygens (including phenoxy) is 4. The lowest BCUT2D eigenvalue weighted by Gasteiger charge is -2.39. The van der Waals surface area contributed by atoms with Crippen LogP contribution in [-0.4, -0.2) is 91.6 Å². The van der Waals surface area contributed by atoms with Crippen LogP contribution in [-0.2, 0) is 23.8 Å². The van der Waals surface area contributed by atoms with Crippen LogP contribution in [0.3, 0.4) is 0 Å². The molecule has 2 heterocycles. The minimum absolute atomic E-state index is 0.000582. The fraction of sp³-hybridized carbons (Fsp3) is 0.346. The Morgan fingerprint density at radius 3 is 2.30 bits per heavy atom. The zero-order chi connectivity index (χ0) is 29.1. The third-order valence-electron chi connectivity index (χ3n) is 5.97.